The monoisotopic (exact) mass is 1610 g/mol. The number of unbranched alkanes of at least 4 members (excludes halogenated alkanes) is 9. The highest BCUT2D eigenvalue weighted by molar-refractivity contribution is 7.90. The number of aliphatic hydroxyl groups excluding tert-OH is 1. The maximum absolute atomic E-state index is 14.5. The number of nitrogens with zero attached hydrogens (tertiary/aromatic N) is 8. The molecule has 0 saturated heterocycles. The van der Waals surface area contributed by atoms with Crippen molar-refractivity contribution in [3.63, 3.8) is 0 Å². The summed E-state index contributed by atoms with van der Waals surface area (Å²) in [5.41, 5.74) is 5.97. The number of rotatable bonds is 37. The van der Waals surface area contributed by atoms with Crippen LogP contribution in [-0.2, 0) is 49.7 Å². The summed E-state index contributed by atoms with van der Waals surface area (Å²) in [7, 11) is -15.7. The van der Waals surface area contributed by atoms with Gasteiger partial charge in [-0.15, -0.1) is 0 Å². The second-order valence-corrected chi connectivity index (χ2v) is 34.8. The number of nitrogens with one attached hydrogen (secondary N) is 4. The summed E-state index contributed by atoms with van der Waals surface area (Å²) in [6.45, 7) is 19.8. The van der Waals surface area contributed by atoms with Crippen molar-refractivity contribution in [3.8, 4) is 5.75 Å². The third kappa shape index (κ3) is 23.3. The molecule has 109 heavy (non-hydrogen) atoms. The summed E-state index contributed by atoms with van der Waals surface area (Å²) in [4.78, 5) is 51.5. The molecule has 0 atom stereocenters. The third-order valence-corrected chi connectivity index (χ3v) is 24.7. The van der Waals surface area contributed by atoms with Crippen LogP contribution in [0.2, 0.25) is 10.0 Å². The molecule has 30 heteroatoms. The van der Waals surface area contributed by atoms with Gasteiger partial charge in [0.15, 0.2) is 23.1 Å². The number of ether oxygens (including phenoxy) is 1. The first-order chi connectivity index (χ1) is 51.9. The molecule has 0 aromatic heterocycles. The van der Waals surface area contributed by atoms with Crippen LogP contribution < -0.4 is 34.6 Å². The number of hydrogen-bond donors (Lipinski definition) is 5. The van der Waals surface area contributed by atoms with Crippen LogP contribution in [0.4, 0.5) is 45.5 Å². The van der Waals surface area contributed by atoms with Crippen LogP contribution in [0.3, 0.4) is 0 Å². The van der Waals surface area contributed by atoms with E-state index in [1.54, 1.807) is 93.6 Å². The Kier molecular flexibility index (Phi) is 31.5. The minimum Gasteiger partial charge on any atom is -0.493 e. The van der Waals surface area contributed by atoms with Gasteiger partial charge >= 0.3 is 0 Å². The molecular formula is C79H100Cl2N12O12S4. The van der Waals surface area contributed by atoms with Gasteiger partial charge in [0.2, 0.25) is 20.0 Å². The van der Waals surface area contributed by atoms with Crippen molar-refractivity contribution < 1.29 is 53.1 Å². The van der Waals surface area contributed by atoms with Gasteiger partial charge in [-0.25, -0.2) is 71.7 Å². The highest BCUT2D eigenvalue weighted by Gasteiger charge is 2.41. The summed E-state index contributed by atoms with van der Waals surface area (Å²) in [6.07, 6.45) is 12.6. The van der Waals surface area contributed by atoms with Crippen LogP contribution in [0.25, 0.3) is 0 Å². The number of amides is 2. The smallest absolute Gasteiger partial charge is 0.278 e. The standard InChI is InChI=1S/C42H60ClN7O7S3.C37H40ClN5O5S/c1-7-9-10-11-12-13-14-15-16-19-26-45-59(54,55)34-23-24-35(43)38(30-34)48-42(51)40(41-47-37-20-17-18-21-39(37)60(56,57)50(41)31(3)4)46-36-25-22-33(29-32(36)5)49(8-2)28-27-44-58(6,52)53;1-5-42(20-21-44)28-16-17-30(26(3)24-28)39-35(37(45)41-31-12-7-6-11-29(31)38)36-40-32-13-8-9-14-34(32)49(46,47)43(36)19-10-22-48-33-18-15-25(2)23-27(33)4/h17-18,20-25,29-31,44-45H,7-16,19,26-28H2,1-6H3,(H,48,51);6-9,11-18,23-24,44H,5,10,19-22H2,1-4H3,(H,41,45). The topological polar surface area (TPSA) is 311 Å². The third-order valence-electron chi connectivity index (χ3n) is 18.0. The van der Waals surface area contributed by atoms with Crippen LogP contribution in [0.15, 0.2) is 180 Å². The average molecular weight is 1610 g/mol. The Morgan fingerprint density at radius 1 is 0.569 bits per heavy atom. The molecule has 24 nitrogen and oxygen atoms in total. The number of aryl methyl sites for hydroxylation is 4. The Morgan fingerprint density at radius 3 is 1.64 bits per heavy atom. The minimum absolute atomic E-state index is 0.000427. The lowest BCUT2D eigenvalue weighted by atomic mass is 10.1. The number of aliphatic imine (C=N–C) groups is 4. The van der Waals surface area contributed by atoms with Crippen molar-refractivity contribution in [1.82, 2.24) is 18.1 Å². The number of hydrogen-bond acceptors (Lipinski definition) is 18. The van der Waals surface area contributed by atoms with Crippen molar-refractivity contribution in [2.24, 2.45) is 20.0 Å². The van der Waals surface area contributed by atoms with Gasteiger partial charge in [-0.2, -0.15) is 0 Å². The number of aliphatic hydroxyl groups is 1. The molecule has 0 bridgehead atoms. The lowest BCUT2D eigenvalue weighted by molar-refractivity contribution is -0.111. The molecule has 586 valence electrons. The lowest BCUT2D eigenvalue weighted by Gasteiger charge is -2.33. The SMILES string of the molecule is CCCCCCCCCCCCNS(=O)(=O)c1ccc(Cl)c(NC(=O)C(=Nc2ccc(N(CC)CCNS(C)(=O)=O)cc2C)C2=Nc3ccccc3S(=O)(=O)N2C(C)C)c1.CCN(CCO)c1ccc(N=C(C(=O)Nc2ccccc2Cl)C2=Nc3ccccc3S(=O)(=O)N2CCCOc2ccc(C)cc2C)c(C)c1. The molecule has 9 rings (SSSR count). The van der Waals surface area contributed by atoms with Crippen molar-refractivity contribution in [3.05, 3.63) is 178 Å². The molecule has 0 aliphatic carbocycles. The van der Waals surface area contributed by atoms with E-state index < -0.39 is 57.9 Å². The largest absolute Gasteiger partial charge is 0.493 e. The summed E-state index contributed by atoms with van der Waals surface area (Å²) in [6, 6.07) is 39.4. The van der Waals surface area contributed by atoms with Crippen LogP contribution >= 0.6 is 23.2 Å². The lowest BCUT2D eigenvalue weighted by Crippen LogP contribution is -2.49. The second-order valence-electron chi connectivity index (χ2n) is 26.8. The fourth-order valence-electron chi connectivity index (χ4n) is 12.3. The molecular weight excluding hydrogens is 1510 g/mol. The maximum atomic E-state index is 14.5. The van der Waals surface area contributed by atoms with E-state index in [9.17, 15) is 48.4 Å². The van der Waals surface area contributed by atoms with Gasteiger partial charge in [0, 0.05) is 69.7 Å². The first-order valence-electron chi connectivity index (χ1n) is 36.7. The van der Waals surface area contributed by atoms with Crippen LogP contribution in [0.5, 0.6) is 5.75 Å². The number of para-hydroxylation sites is 3. The van der Waals surface area contributed by atoms with Crippen LogP contribution in [0, 0.1) is 27.7 Å². The molecule has 2 heterocycles. The number of halogens is 2. The van der Waals surface area contributed by atoms with Gasteiger partial charge in [0.05, 0.1) is 68.5 Å². The first kappa shape index (κ1) is 86.0. The normalized spacial score (nSPS) is 14.0. The Bertz CT molecular complexity index is 4980. The van der Waals surface area contributed by atoms with Gasteiger partial charge in [-0.3, -0.25) is 9.59 Å². The van der Waals surface area contributed by atoms with Crippen molar-refractivity contribution in [2.75, 3.05) is 85.7 Å². The summed E-state index contributed by atoms with van der Waals surface area (Å²) in [5.74, 6) is -1.20. The Balaban J connectivity index is 0.000000280. The van der Waals surface area contributed by atoms with E-state index in [1.165, 1.54) is 74.9 Å². The first-order valence-corrected chi connectivity index (χ1v) is 43.7. The highest BCUT2D eigenvalue weighted by atomic mass is 35.5. The summed E-state index contributed by atoms with van der Waals surface area (Å²) < 4.78 is 120. The quantitative estimate of drug-likeness (QED) is 0.0179. The predicted octanol–water partition coefficient (Wildman–Crippen LogP) is 15.1. The van der Waals surface area contributed by atoms with Crippen molar-refractivity contribution in [1.29, 1.82) is 0 Å². The van der Waals surface area contributed by atoms with E-state index >= 15 is 0 Å². The van der Waals surface area contributed by atoms with E-state index in [4.69, 9.17) is 42.9 Å². The number of amidine groups is 2. The Labute approximate surface area is 653 Å². The van der Waals surface area contributed by atoms with E-state index in [0.717, 1.165) is 62.2 Å². The second kappa shape index (κ2) is 39.9. The zero-order valence-electron chi connectivity index (χ0n) is 63.5. The fraction of sp³-hybridized carbons (Fsp3) is 0.392. The molecule has 0 fully saturated rings. The number of sulfonamides is 4. The van der Waals surface area contributed by atoms with Crippen LogP contribution in [0.1, 0.15) is 128 Å². The van der Waals surface area contributed by atoms with E-state index in [2.05, 4.69) is 32.0 Å². The van der Waals surface area contributed by atoms with Gasteiger partial charge in [-0.05, 0) is 176 Å². The molecule has 7 aromatic carbocycles. The number of anilines is 4. The van der Waals surface area contributed by atoms with Gasteiger partial charge < -0.3 is 30.3 Å². The average Bonchev–Trinajstić information content (AvgIpc) is 0.745. The maximum Gasteiger partial charge on any atom is 0.278 e. The molecule has 0 unspecified atom stereocenters. The Hall–Kier alpha value is -8.58. The molecule has 2 aliphatic heterocycles. The van der Waals surface area contributed by atoms with E-state index in [1.807, 2.05) is 80.8 Å². The minimum atomic E-state index is -4.21. The molecule has 5 N–H and O–H groups in total. The van der Waals surface area contributed by atoms with E-state index in [0.29, 0.717) is 72.4 Å². The number of carbonyl (C=O) groups excluding carboxylic acids is 2. The van der Waals surface area contributed by atoms with E-state index in [-0.39, 0.29) is 92.7 Å². The zero-order valence-corrected chi connectivity index (χ0v) is 68.3. The number of fused-ring (bicyclic) bond motifs is 2. The molecule has 0 saturated carbocycles. The molecule has 7 aromatic rings. The highest BCUT2D eigenvalue weighted by Crippen LogP contribution is 2.38. The van der Waals surface area contributed by atoms with Crippen molar-refractivity contribution in [2.45, 2.75) is 154 Å². The van der Waals surface area contributed by atoms with Crippen LogP contribution in [-0.4, -0.2) is 154 Å². The van der Waals surface area contributed by atoms with Gasteiger partial charge in [0.1, 0.15) is 15.5 Å². The number of carbonyl (C=O) groups is 2. The van der Waals surface area contributed by atoms with Gasteiger partial charge in [-0.1, -0.05) is 142 Å². The summed E-state index contributed by atoms with van der Waals surface area (Å²) >= 11 is 13.0. The molecule has 0 spiro atoms. The zero-order chi connectivity index (χ0) is 79.2. The number of likely N-dealkylation sites (N-methyl/N-ethyl adjacent to an activating group) is 2. The Morgan fingerprint density at radius 2 is 1.09 bits per heavy atom. The van der Waals surface area contributed by atoms with Gasteiger partial charge in [0.25, 0.3) is 31.9 Å². The van der Waals surface area contributed by atoms with Crippen molar-refractivity contribution >= 4 is 144 Å². The fourth-order valence-corrected chi connectivity index (χ4v) is 17.6. The molecule has 2 aliphatic rings. The molecule has 0 radical (unpaired) electrons. The molecule has 2 amide bonds. The predicted molar refractivity (Wildman–Crippen MR) is 441 cm³/mol. The summed E-state index contributed by atoms with van der Waals surface area (Å²) in [5, 5.41) is 15.4. The number of benzene rings is 7.